The number of carbonyl (C=O) groups excluding carboxylic acids is 1. The summed E-state index contributed by atoms with van der Waals surface area (Å²) in [5.74, 6) is 0.837. The number of benzene rings is 2. The number of aromatic nitrogens is 2. The standard InChI is InChI=1S/C22H25N3O2/c1-3-27-22(26)17-9-7-13-25(15-17)18-10-6-8-16(14-18)21-23-19-11-4-5-12-20(19)24(21)2/h4-6,8,10-12,14,17H,3,7,9,13,15H2,1-2H3. The van der Waals surface area contributed by atoms with Gasteiger partial charge in [-0.2, -0.15) is 0 Å². The number of piperidine rings is 1. The van der Waals surface area contributed by atoms with Crippen LogP contribution >= 0.6 is 0 Å². The van der Waals surface area contributed by atoms with Crippen LogP contribution in [0.4, 0.5) is 5.69 Å². The lowest BCUT2D eigenvalue weighted by Gasteiger charge is -2.33. The van der Waals surface area contributed by atoms with Crippen LogP contribution in [-0.4, -0.2) is 35.2 Å². The molecule has 0 spiro atoms. The van der Waals surface area contributed by atoms with Crippen molar-refractivity contribution in [3.8, 4) is 11.4 Å². The summed E-state index contributed by atoms with van der Waals surface area (Å²) in [6.07, 6.45) is 1.90. The molecule has 1 aliphatic rings. The molecule has 4 rings (SSSR count). The van der Waals surface area contributed by atoms with Crippen LogP contribution in [0.15, 0.2) is 48.5 Å². The highest BCUT2D eigenvalue weighted by atomic mass is 16.5. The first-order chi connectivity index (χ1) is 13.2. The number of para-hydroxylation sites is 2. The molecule has 1 fully saturated rings. The molecule has 1 aromatic heterocycles. The summed E-state index contributed by atoms with van der Waals surface area (Å²) >= 11 is 0. The van der Waals surface area contributed by atoms with Crippen molar-refractivity contribution in [2.24, 2.45) is 13.0 Å². The zero-order valence-electron chi connectivity index (χ0n) is 15.9. The molecule has 3 aromatic rings. The average molecular weight is 363 g/mol. The molecule has 5 nitrogen and oxygen atoms in total. The fourth-order valence-electron chi connectivity index (χ4n) is 3.91. The van der Waals surface area contributed by atoms with Crippen molar-refractivity contribution in [3.05, 3.63) is 48.5 Å². The number of fused-ring (bicyclic) bond motifs is 1. The van der Waals surface area contributed by atoms with Crippen molar-refractivity contribution in [3.63, 3.8) is 0 Å². The molecule has 0 saturated carbocycles. The van der Waals surface area contributed by atoms with E-state index in [1.165, 1.54) is 0 Å². The van der Waals surface area contributed by atoms with E-state index in [4.69, 9.17) is 9.72 Å². The third-order valence-corrected chi connectivity index (χ3v) is 5.30. The first-order valence-electron chi connectivity index (χ1n) is 9.61. The minimum absolute atomic E-state index is 0.0434. The van der Waals surface area contributed by atoms with Gasteiger partial charge >= 0.3 is 5.97 Å². The first kappa shape index (κ1) is 17.6. The van der Waals surface area contributed by atoms with Gasteiger partial charge in [-0.25, -0.2) is 4.98 Å². The summed E-state index contributed by atoms with van der Waals surface area (Å²) in [5, 5.41) is 0. The second kappa shape index (κ2) is 7.43. The SMILES string of the molecule is CCOC(=O)C1CCCN(c2cccc(-c3nc4ccccc4n3C)c2)C1. The molecule has 0 N–H and O–H groups in total. The second-order valence-corrected chi connectivity index (χ2v) is 7.07. The molecule has 1 aliphatic heterocycles. The third kappa shape index (κ3) is 3.42. The van der Waals surface area contributed by atoms with Crippen LogP contribution in [0, 0.1) is 5.92 Å². The number of ether oxygens (including phenoxy) is 1. The molecule has 2 heterocycles. The zero-order valence-corrected chi connectivity index (χ0v) is 15.9. The molecule has 0 aliphatic carbocycles. The minimum atomic E-state index is -0.0753. The highest BCUT2D eigenvalue weighted by Gasteiger charge is 2.27. The molecule has 1 atom stereocenters. The van der Waals surface area contributed by atoms with E-state index >= 15 is 0 Å². The van der Waals surface area contributed by atoms with Crippen LogP contribution in [0.5, 0.6) is 0 Å². The summed E-state index contributed by atoms with van der Waals surface area (Å²) in [4.78, 5) is 19.2. The highest BCUT2D eigenvalue weighted by Crippen LogP contribution is 2.29. The van der Waals surface area contributed by atoms with Crippen molar-refractivity contribution in [1.29, 1.82) is 0 Å². The molecule has 0 bridgehead atoms. The lowest BCUT2D eigenvalue weighted by atomic mass is 9.97. The van der Waals surface area contributed by atoms with E-state index in [1.807, 2.05) is 25.1 Å². The fourth-order valence-corrected chi connectivity index (χ4v) is 3.91. The zero-order chi connectivity index (χ0) is 18.8. The number of hydrogen-bond donors (Lipinski definition) is 0. The maximum atomic E-state index is 12.1. The van der Waals surface area contributed by atoms with Crippen LogP contribution in [0.2, 0.25) is 0 Å². The Morgan fingerprint density at radius 1 is 1.22 bits per heavy atom. The highest BCUT2D eigenvalue weighted by molar-refractivity contribution is 5.81. The smallest absolute Gasteiger partial charge is 0.310 e. The summed E-state index contributed by atoms with van der Waals surface area (Å²) in [5.41, 5.74) is 4.34. The number of hydrogen-bond acceptors (Lipinski definition) is 4. The van der Waals surface area contributed by atoms with Gasteiger partial charge in [0.2, 0.25) is 0 Å². The third-order valence-electron chi connectivity index (χ3n) is 5.30. The molecule has 2 aromatic carbocycles. The molecule has 5 heteroatoms. The van der Waals surface area contributed by atoms with Gasteiger partial charge in [-0.05, 0) is 44.0 Å². The maximum Gasteiger partial charge on any atom is 0.310 e. The molecule has 1 saturated heterocycles. The van der Waals surface area contributed by atoms with E-state index in [9.17, 15) is 4.79 Å². The number of carbonyl (C=O) groups is 1. The van der Waals surface area contributed by atoms with Crippen molar-refractivity contribution in [2.45, 2.75) is 19.8 Å². The van der Waals surface area contributed by atoms with Gasteiger partial charge in [0.25, 0.3) is 0 Å². The average Bonchev–Trinajstić information content (AvgIpc) is 3.05. The predicted molar refractivity (Wildman–Crippen MR) is 108 cm³/mol. The molecule has 27 heavy (non-hydrogen) atoms. The van der Waals surface area contributed by atoms with E-state index < -0.39 is 0 Å². The summed E-state index contributed by atoms with van der Waals surface area (Å²) in [6.45, 7) is 3.98. The Bertz CT molecular complexity index is 963. The molecule has 1 unspecified atom stereocenters. The number of rotatable bonds is 4. The van der Waals surface area contributed by atoms with Crippen molar-refractivity contribution < 1.29 is 9.53 Å². The fraction of sp³-hybridized carbons (Fsp3) is 0.364. The van der Waals surface area contributed by atoms with Crippen molar-refractivity contribution >= 4 is 22.7 Å². The number of anilines is 1. The number of aryl methyl sites for hydroxylation is 1. The Balaban J connectivity index is 1.62. The Morgan fingerprint density at radius 3 is 2.89 bits per heavy atom. The van der Waals surface area contributed by atoms with Gasteiger partial charge in [-0.3, -0.25) is 4.79 Å². The quantitative estimate of drug-likeness (QED) is 0.657. The topological polar surface area (TPSA) is 47.4 Å². The van der Waals surface area contributed by atoms with Gasteiger partial charge in [0.05, 0.1) is 23.6 Å². The van der Waals surface area contributed by atoms with E-state index in [0.29, 0.717) is 13.2 Å². The minimum Gasteiger partial charge on any atom is -0.466 e. The van der Waals surface area contributed by atoms with Crippen LogP contribution in [0.25, 0.3) is 22.4 Å². The summed E-state index contributed by atoms with van der Waals surface area (Å²) < 4.78 is 7.36. The van der Waals surface area contributed by atoms with Crippen molar-refractivity contribution in [1.82, 2.24) is 9.55 Å². The molecular weight excluding hydrogens is 338 g/mol. The van der Waals surface area contributed by atoms with Gasteiger partial charge in [0, 0.05) is 31.4 Å². The molecular formula is C22H25N3O2. The maximum absolute atomic E-state index is 12.1. The molecule has 140 valence electrons. The normalized spacial score (nSPS) is 17.3. The largest absolute Gasteiger partial charge is 0.466 e. The predicted octanol–water partition coefficient (Wildman–Crippen LogP) is 4.02. The number of esters is 1. The van der Waals surface area contributed by atoms with Gasteiger partial charge in [-0.15, -0.1) is 0 Å². The van der Waals surface area contributed by atoms with E-state index in [0.717, 1.165) is 47.5 Å². The van der Waals surface area contributed by atoms with Gasteiger partial charge in [0.15, 0.2) is 0 Å². The second-order valence-electron chi connectivity index (χ2n) is 7.07. The lowest BCUT2D eigenvalue weighted by molar-refractivity contribution is -0.148. The lowest BCUT2D eigenvalue weighted by Crippen LogP contribution is -2.39. The Hall–Kier alpha value is -2.82. The van der Waals surface area contributed by atoms with Crippen LogP contribution in [0.3, 0.4) is 0 Å². The summed E-state index contributed by atoms with van der Waals surface area (Å²) in [6, 6.07) is 16.6. The van der Waals surface area contributed by atoms with Crippen LogP contribution < -0.4 is 4.90 Å². The van der Waals surface area contributed by atoms with E-state index in [1.54, 1.807) is 0 Å². The van der Waals surface area contributed by atoms with Crippen LogP contribution in [0.1, 0.15) is 19.8 Å². The van der Waals surface area contributed by atoms with Gasteiger partial charge in [0.1, 0.15) is 5.82 Å². The molecule has 0 amide bonds. The first-order valence-corrected chi connectivity index (χ1v) is 9.61. The Morgan fingerprint density at radius 2 is 2.07 bits per heavy atom. The van der Waals surface area contributed by atoms with E-state index in [-0.39, 0.29) is 11.9 Å². The number of nitrogens with zero attached hydrogens (tertiary/aromatic N) is 3. The van der Waals surface area contributed by atoms with Gasteiger partial charge < -0.3 is 14.2 Å². The molecule has 0 radical (unpaired) electrons. The van der Waals surface area contributed by atoms with E-state index in [2.05, 4.69) is 46.8 Å². The van der Waals surface area contributed by atoms with Crippen molar-refractivity contribution in [2.75, 3.05) is 24.6 Å². The Kier molecular flexibility index (Phi) is 4.84. The van der Waals surface area contributed by atoms with Gasteiger partial charge in [-0.1, -0.05) is 24.3 Å². The summed E-state index contributed by atoms with van der Waals surface area (Å²) in [7, 11) is 2.05. The number of imidazole rings is 1. The monoisotopic (exact) mass is 363 g/mol. The Labute approximate surface area is 159 Å². The van der Waals surface area contributed by atoms with Crippen LogP contribution in [-0.2, 0) is 16.6 Å².